The van der Waals surface area contributed by atoms with Crippen LogP contribution in [0.3, 0.4) is 0 Å². The maximum Gasteiger partial charge on any atom is 0.344 e. The minimum Gasteiger partial charge on any atom is -0.482 e. The summed E-state index contributed by atoms with van der Waals surface area (Å²) >= 11 is 0. The van der Waals surface area contributed by atoms with Crippen molar-refractivity contribution in [2.75, 3.05) is 6.61 Å². The number of nitrogens with zero attached hydrogens (tertiary/aromatic N) is 1. The highest BCUT2D eigenvalue weighted by molar-refractivity contribution is 5.71. The van der Waals surface area contributed by atoms with Gasteiger partial charge in [0.1, 0.15) is 5.75 Å². The molecule has 0 aliphatic heterocycles. The van der Waals surface area contributed by atoms with Crippen LogP contribution in [0.4, 0.5) is 5.69 Å². The van der Waals surface area contributed by atoms with Gasteiger partial charge in [0.2, 0.25) is 0 Å². The number of carbonyl (C=O) groups excluding carboxylic acids is 1. The lowest BCUT2D eigenvalue weighted by molar-refractivity contribution is -0.385. The van der Waals surface area contributed by atoms with Gasteiger partial charge in [0.05, 0.1) is 11.0 Å². The summed E-state index contributed by atoms with van der Waals surface area (Å²) in [6, 6.07) is 2.98. The van der Waals surface area contributed by atoms with Gasteiger partial charge >= 0.3 is 5.97 Å². The summed E-state index contributed by atoms with van der Waals surface area (Å²) in [7, 11) is 0. The molecule has 0 aliphatic carbocycles. The number of ether oxygens (including phenoxy) is 2. The molecule has 1 aromatic rings. The summed E-state index contributed by atoms with van der Waals surface area (Å²) in [5.74, 6) is -0.0192. The Morgan fingerprint density at radius 3 is 2.47 bits per heavy atom. The Morgan fingerprint density at radius 1 is 1.32 bits per heavy atom. The first kappa shape index (κ1) is 14.9. The average Bonchev–Trinajstić information content (AvgIpc) is 2.28. The second-order valence-corrected chi connectivity index (χ2v) is 4.49. The molecule has 0 radical (unpaired) electrons. The summed E-state index contributed by atoms with van der Waals surface area (Å²) in [6.07, 6.45) is -0.198. The Kier molecular flexibility index (Phi) is 4.86. The maximum absolute atomic E-state index is 11.3. The molecule has 1 aromatic carbocycles. The van der Waals surface area contributed by atoms with Crippen molar-refractivity contribution in [3.8, 4) is 5.75 Å². The molecule has 0 aliphatic rings. The number of nitro benzene ring substituents is 1. The number of esters is 1. The van der Waals surface area contributed by atoms with Crippen LogP contribution in [-0.4, -0.2) is 23.6 Å². The summed E-state index contributed by atoms with van der Waals surface area (Å²) in [5.41, 5.74) is 1.13. The smallest absolute Gasteiger partial charge is 0.344 e. The summed E-state index contributed by atoms with van der Waals surface area (Å²) in [4.78, 5) is 21.7. The molecule has 6 heteroatoms. The topological polar surface area (TPSA) is 78.7 Å². The summed E-state index contributed by atoms with van der Waals surface area (Å²) in [6.45, 7) is 6.60. The molecule has 0 saturated heterocycles. The zero-order chi connectivity index (χ0) is 14.6. The van der Waals surface area contributed by atoms with Gasteiger partial charge in [-0.25, -0.2) is 4.79 Å². The van der Waals surface area contributed by atoms with Crippen molar-refractivity contribution in [2.45, 2.75) is 33.8 Å². The minimum absolute atomic E-state index is 0.0367. The van der Waals surface area contributed by atoms with E-state index in [4.69, 9.17) is 9.47 Å². The molecular weight excluding hydrogens is 250 g/mol. The van der Waals surface area contributed by atoms with Gasteiger partial charge in [-0.1, -0.05) is 0 Å². The van der Waals surface area contributed by atoms with Crippen LogP contribution in [0, 0.1) is 24.0 Å². The quantitative estimate of drug-likeness (QED) is 0.465. The molecule has 1 rings (SSSR count). The summed E-state index contributed by atoms with van der Waals surface area (Å²) < 4.78 is 10.2. The molecule has 0 atom stereocenters. The third kappa shape index (κ3) is 4.24. The van der Waals surface area contributed by atoms with E-state index in [-0.39, 0.29) is 18.4 Å². The van der Waals surface area contributed by atoms with Gasteiger partial charge in [0.25, 0.3) is 5.69 Å². The minimum atomic E-state index is -0.467. The van der Waals surface area contributed by atoms with Crippen molar-refractivity contribution in [3.63, 3.8) is 0 Å². The van der Waals surface area contributed by atoms with Crippen molar-refractivity contribution < 1.29 is 19.2 Å². The fourth-order valence-electron chi connectivity index (χ4n) is 1.56. The Hall–Kier alpha value is -2.11. The molecule has 0 unspecified atom stereocenters. The second kappa shape index (κ2) is 6.17. The van der Waals surface area contributed by atoms with E-state index in [1.807, 2.05) is 0 Å². The Balaban J connectivity index is 2.77. The Labute approximate surface area is 111 Å². The molecular formula is C13H17NO5. The molecule has 6 nitrogen and oxygen atoms in total. The highest BCUT2D eigenvalue weighted by Gasteiger charge is 2.15. The molecule has 0 spiro atoms. The van der Waals surface area contributed by atoms with Gasteiger partial charge in [0.15, 0.2) is 6.61 Å². The predicted molar refractivity (Wildman–Crippen MR) is 69.3 cm³/mol. The largest absolute Gasteiger partial charge is 0.482 e. The average molecular weight is 267 g/mol. The van der Waals surface area contributed by atoms with Crippen LogP contribution in [0.25, 0.3) is 0 Å². The number of hydrogen-bond acceptors (Lipinski definition) is 5. The van der Waals surface area contributed by atoms with E-state index >= 15 is 0 Å². The first-order valence-corrected chi connectivity index (χ1v) is 5.89. The Bertz CT molecular complexity index is 496. The lowest BCUT2D eigenvalue weighted by atomic mass is 10.1. The van der Waals surface area contributed by atoms with E-state index in [1.165, 1.54) is 6.07 Å². The van der Waals surface area contributed by atoms with E-state index in [9.17, 15) is 14.9 Å². The van der Waals surface area contributed by atoms with Gasteiger partial charge in [-0.3, -0.25) is 10.1 Å². The fraction of sp³-hybridized carbons (Fsp3) is 0.462. The number of carbonyl (C=O) groups is 1. The van der Waals surface area contributed by atoms with Crippen LogP contribution in [0.2, 0.25) is 0 Å². The van der Waals surface area contributed by atoms with Crippen molar-refractivity contribution in [2.24, 2.45) is 0 Å². The number of rotatable bonds is 5. The van der Waals surface area contributed by atoms with Crippen molar-refractivity contribution in [3.05, 3.63) is 33.4 Å². The van der Waals surface area contributed by atoms with Crippen LogP contribution in [0.15, 0.2) is 12.1 Å². The predicted octanol–water partition coefficient (Wildman–Crippen LogP) is 2.54. The monoisotopic (exact) mass is 267 g/mol. The standard InChI is InChI=1S/C13H17NO5/c1-8(2)19-13(15)7-18-12-6-9(3)11(14(16)17)5-10(12)4/h5-6,8H,7H2,1-4H3. The van der Waals surface area contributed by atoms with E-state index in [0.717, 1.165) is 0 Å². The lowest BCUT2D eigenvalue weighted by Crippen LogP contribution is -2.19. The Morgan fingerprint density at radius 2 is 1.95 bits per heavy atom. The molecule has 19 heavy (non-hydrogen) atoms. The molecule has 0 fully saturated rings. The first-order valence-electron chi connectivity index (χ1n) is 5.89. The molecule has 104 valence electrons. The van der Waals surface area contributed by atoms with E-state index in [2.05, 4.69) is 0 Å². The molecule has 0 heterocycles. The highest BCUT2D eigenvalue weighted by atomic mass is 16.6. The molecule has 0 aromatic heterocycles. The molecule has 0 bridgehead atoms. The maximum atomic E-state index is 11.3. The molecule has 0 amide bonds. The number of aryl methyl sites for hydroxylation is 2. The third-order valence-electron chi connectivity index (χ3n) is 2.40. The highest BCUT2D eigenvalue weighted by Crippen LogP contribution is 2.27. The van der Waals surface area contributed by atoms with E-state index < -0.39 is 10.9 Å². The van der Waals surface area contributed by atoms with Gasteiger partial charge in [-0.15, -0.1) is 0 Å². The zero-order valence-corrected chi connectivity index (χ0v) is 11.4. The van der Waals surface area contributed by atoms with Gasteiger partial charge < -0.3 is 9.47 Å². The van der Waals surface area contributed by atoms with Gasteiger partial charge in [-0.05, 0) is 39.3 Å². The van der Waals surface area contributed by atoms with Crippen LogP contribution in [-0.2, 0) is 9.53 Å². The van der Waals surface area contributed by atoms with Gasteiger partial charge in [0, 0.05) is 11.6 Å². The lowest BCUT2D eigenvalue weighted by Gasteiger charge is -2.11. The molecule has 0 N–H and O–H groups in total. The van der Waals surface area contributed by atoms with Crippen LogP contribution in [0.5, 0.6) is 5.75 Å². The van der Waals surface area contributed by atoms with Crippen LogP contribution < -0.4 is 4.74 Å². The number of nitro groups is 1. The van der Waals surface area contributed by atoms with Crippen molar-refractivity contribution >= 4 is 11.7 Å². The second-order valence-electron chi connectivity index (χ2n) is 4.49. The zero-order valence-electron chi connectivity index (χ0n) is 11.4. The first-order chi connectivity index (χ1) is 8.81. The van der Waals surface area contributed by atoms with Crippen molar-refractivity contribution in [1.82, 2.24) is 0 Å². The van der Waals surface area contributed by atoms with Crippen LogP contribution >= 0.6 is 0 Å². The third-order valence-corrected chi connectivity index (χ3v) is 2.40. The van der Waals surface area contributed by atoms with Gasteiger partial charge in [-0.2, -0.15) is 0 Å². The van der Waals surface area contributed by atoms with Crippen molar-refractivity contribution in [1.29, 1.82) is 0 Å². The van der Waals surface area contributed by atoms with E-state index in [1.54, 1.807) is 33.8 Å². The fourth-order valence-corrected chi connectivity index (χ4v) is 1.56. The molecule has 0 saturated carbocycles. The SMILES string of the molecule is Cc1cc([N+](=O)[O-])c(C)cc1OCC(=O)OC(C)C. The van der Waals surface area contributed by atoms with E-state index in [0.29, 0.717) is 16.9 Å². The van der Waals surface area contributed by atoms with Crippen LogP contribution in [0.1, 0.15) is 25.0 Å². The normalized spacial score (nSPS) is 10.4. The number of hydrogen-bond donors (Lipinski definition) is 0. The summed E-state index contributed by atoms with van der Waals surface area (Å²) in [5, 5.41) is 10.8. The number of benzene rings is 1.